The normalized spacial score (nSPS) is 24.8. The van der Waals surface area contributed by atoms with Gasteiger partial charge in [0.05, 0.1) is 5.69 Å². The van der Waals surface area contributed by atoms with Gasteiger partial charge in [-0.1, -0.05) is 48.0 Å². The molecule has 31 heavy (non-hydrogen) atoms. The summed E-state index contributed by atoms with van der Waals surface area (Å²) >= 11 is 0. The van der Waals surface area contributed by atoms with Crippen molar-refractivity contribution in [3.8, 4) is 11.3 Å². The van der Waals surface area contributed by atoms with E-state index in [0.29, 0.717) is 17.9 Å². The van der Waals surface area contributed by atoms with Crippen LogP contribution in [0.1, 0.15) is 40.4 Å². The van der Waals surface area contributed by atoms with E-state index in [2.05, 4.69) is 52.3 Å². The van der Waals surface area contributed by atoms with Crippen LogP contribution in [0.3, 0.4) is 0 Å². The molecule has 3 aromatic rings. The van der Waals surface area contributed by atoms with E-state index in [1.54, 1.807) is 0 Å². The van der Waals surface area contributed by atoms with Crippen LogP contribution < -0.4 is 5.32 Å². The summed E-state index contributed by atoms with van der Waals surface area (Å²) in [5.74, 6) is 1.18. The van der Waals surface area contributed by atoms with Crippen LogP contribution in [0.5, 0.6) is 0 Å². The number of carbonyl (C=O) groups is 1. The van der Waals surface area contributed by atoms with Crippen LogP contribution in [0.25, 0.3) is 11.3 Å². The summed E-state index contributed by atoms with van der Waals surface area (Å²) in [6.45, 7) is 4.92. The van der Waals surface area contributed by atoms with Crippen molar-refractivity contribution in [1.29, 1.82) is 0 Å². The zero-order valence-electron chi connectivity index (χ0n) is 18.3. The van der Waals surface area contributed by atoms with E-state index >= 15 is 0 Å². The number of piperidine rings is 3. The van der Waals surface area contributed by atoms with Gasteiger partial charge in [0, 0.05) is 48.9 Å². The van der Waals surface area contributed by atoms with Crippen molar-refractivity contribution in [2.75, 3.05) is 19.6 Å². The minimum absolute atomic E-state index is 0.0262. The first-order valence-electron chi connectivity index (χ1n) is 11.3. The van der Waals surface area contributed by atoms with Gasteiger partial charge in [-0.3, -0.25) is 14.4 Å². The van der Waals surface area contributed by atoms with Crippen LogP contribution in [0.2, 0.25) is 0 Å². The first-order chi connectivity index (χ1) is 15.1. The molecule has 3 saturated heterocycles. The number of hydrogen-bond acceptors (Lipinski definition) is 3. The molecule has 5 nitrogen and oxygen atoms in total. The Morgan fingerprint density at radius 2 is 1.90 bits per heavy atom. The lowest BCUT2D eigenvalue weighted by Crippen LogP contribution is -2.56. The fourth-order valence-corrected chi connectivity index (χ4v) is 5.28. The number of fused-ring (bicyclic) bond motifs is 3. The quantitative estimate of drug-likeness (QED) is 0.686. The average Bonchev–Trinajstić information content (AvgIpc) is 3.20. The number of benzene rings is 2. The summed E-state index contributed by atoms with van der Waals surface area (Å²) in [4.78, 5) is 15.1. The van der Waals surface area contributed by atoms with Crippen LogP contribution in [0, 0.1) is 12.8 Å². The SMILES string of the molecule is Cc1ccc(C(=O)NCC2CC3CCN2CC3c2cc(-c3ccccc3)nn2C)cc1. The van der Waals surface area contributed by atoms with Crippen LogP contribution in [-0.4, -0.2) is 46.3 Å². The van der Waals surface area contributed by atoms with Gasteiger partial charge in [0.1, 0.15) is 0 Å². The Kier molecular flexibility index (Phi) is 5.36. The second-order valence-electron chi connectivity index (χ2n) is 9.06. The smallest absolute Gasteiger partial charge is 0.251 e. The Balaban J connectivity index is 1.25. The van der Waals surface area contributed by atoms with Gasteiger partial charge in [-0.25, -0.2) is 0 Å². The molecule has 160 valence electrons. The van der Waals surface area contributed by atoms with E-state index in [-0.39, 0.29) is 5.91 Å². The molecule has 6 rings (SSSR count). The van der Waals surface area contributed by atoms with Gasteiger partial charge in [-0.15, -0.1) is 0 Å². The van der Waals surface area contributed by atoms with Gasteiger partial charge in [-0.2, -0.15) is 5.10 Å². The first-order valence-corrected chi connectivity index (χ1v) is 11.3. The molecule has 0 spiro atoms. The first kappa shape index (κ1) is 20.0. The molecule has 4 unspecified atom stereocenters. The van der Waals surface area contributed by atoms with E-state index in [0.717, 1.165) is 37.3 Å². The number of nitrogens with one attached hydrogen (secondary N) is 1. The molecule has 3 fully saturated rings. The summed E-state index contributed by atoms with van der Waals surface area (Å²) in [6.07, 6.45) is 2.35. The molecule has 5 heteroatoms. The predicted octanol–water partition coefficient (Wildman–Crippen LogP) is 4.00. The largest absolute Gasteiger partial charge is 0.350 e. The maximum absolute atomic E-state index is 12.5. The van der Waals surface area contributed by atoms with Crippen LogP contribution in [-0.2, 0) is 7.05 Å². The summed E-state index contributed by atoms with van der Waals surface area (Å²) in [5.41, 5.74) is 5.46. The monoisotopic (exact) mass is 414 g/mol. The Morgan fingerprint density at radius 3 is 2.61 bits per heavy atom. The van der Waals surface area contributed by atoms with Crippen LogP contribution in [0.4, 0.5) is 0 Å². The number of nitrogens with zero attached hydrogens (tertiary/aromatic N) is 3. The number of carbonyl (C=O) groups excluding carboxylic acids is 1. The number of amides is 1. The van der Waals surface area contributed by atoms with Crippen molar-refractivity contribution in [2.45, 2.75) is 31.7 Å². The van der Waals surface area contributed by atoms with Crippen molar-refractivity contribution in [3.63, 3.8) is 0 Å². The van der Waals surface area contributed by atoms with Crippen molar-refractivity contribution in [3.05, 3.63) is 77.5 Å². The molecule has 0 radical (unpaired) electrons. The van der Waals surface area contributed by atoms with E-state index < -0.39 is 0 Å². The molecule has 3 aliphatic heterocycles. The third-order valence-electron chi connectivity index (χ3n) is 7.06. The maximum Gasteiger partial charge on any atom is 0.251 e. The van der Waals surface area contributed by atoms with Crippen molar-refractivity contribution >= 4 is 5.91 Å². The molecular weight excluding hydrogens is 384 g/mol. The van der Waals surface area contributed by atoms with Crippen molar-refractivity contribution < 1.29 is 4.79 Å². The van der Waals surface area contributed by atoms with Gasteiger partial charge < -0.3 is 5.32 Å². The lowest BCUT2D eigenvalue weighted by atomic mass is 9.74. The van der Waals surface area contributed by atoms with E-state index in [1.165, 1.54) is 23.2 Å². The standard InChI is InChI=1S/C26H30N4O/c1-18-8-10-20(11-9-18)26(31)27-16-22-14-21-12-13-30(22)17-23(21)25-15-24(28-29(25)2)19-6-4-3-5-7-19/h3-11,15,21-23H,12-14,16-17H2,1-2H3,(H,27,31). The molecule has 2 aromatic carbocycles. The predicted molar refractivity (Wildman–Crippen MR) is 123 cm³/mol. The highest BCUT2D eigenvalue weighted by molar-refractivity contribution is 5.94. The molecule has 1 aromatic heterocycles. The Morgan fingerprint density at radius 1 is 1.13 bits per heavy atom. The zero-order chi connectivity index (χ0) is 21.4. The maximum atomic E-state index is 12.5. The van der Waals surface area contributed by atoms with E-state index in [4.69, 9.17) is 5.10 Å². The molecule has 1 N–H and O–H groups in total. The van der Waals surface area contributed by atoms with Gasteiger partial charge in [-0.05, 0) is 50.4 Å². The minimum Gasteiger partial charge on any atom is -0.350 e. The fourth-order valence-electron chi connectivity index (χ4n) is 5.28. The Labute approximate surface area is 184 Å². The second-order valence-corrected chi connectivity index (χ2v) is 9.06. The van der Waals surface area contributed by atoms with E-state index in [1.807, 2.05) is 37.3 Å². The van der Waals surface area contributed by atoms with Crippen LogP contribution >= 0.6 is 0 Å². The minimum atomic E-state index is 0.0262. The van der Waals surface area contributed by atoms with Gasteiger partial charge >= 0.3 is 0 Å². The second kappa shape index (κ2) is 8.31. The lowest BCUT2D eigenvalue weighted by Gasteiger charge is -2.50. The summed E-state index contributed by atoms with van der Waals surface area (Å²) < 4.78 is 2.07. The highest BCUT2D eigenvalue weighted by Crippen LogP contribution is 2.42. The number of hydrogen-bond donors (Lipinski definition) is 1. The highest BCUT2D eigenvalue weighted by atomic mass is 16.1. The molecule has 2 bridgehead atoms. The summed E-state index contributed by atoms with van der Waals surface area (Å²) in [7, 11) is 2.07. The fraction of sp³-hybridized carbons (Fsp3) is 0.385. The lowest BCUT2D eigenvalue weighted by molar-refractivity contribution is 0.0280. The Hall–Kier alpha value is -2.92. The van der Waals surface area contributed by atoms with Gasteiger partial charge in [0.2, 0.25) is 0 Å². The highest BCUT2D eigenvalue weighted by Gasteiger charge is 2.41. The molecule has 1 amide bonds. The van der Waals surface area contributed by atoms with Crippen molar-refractivity contribution in [1.82, 2.24) is 20.0 Å². The van der Waals surface area contributed by atoms with Gasteiger partial charge in [0.15, 0.2) is 0 Å². The number of aromatic nitrogens is 2. The number of aryl methyl sites for hydroxylation is 2. The molecule has 3 aliphatic rings. The van der Waals surface area contributed by atoms with Crippen LogP contribution in [0.15, 0.2) is 60.7 Å². The van der Waals surface area contributed by atoms with Crippen molar-refractivity contribution in [2.24, 2.45) is 13.0 Å². The molecule has 4 atom stereocenters. The average molecular weight is 415 g/mol. The van der Waals surface area contributed by atoms with Gasteiger partial charge in [0.25, 0.3) is 5.91 Å². The third-order valence-corrected chi connectivity index (χ3v) is 7.06. The molecule has 0 saturated carbocycles. The molecular formula is C26H30N4O. The topological polar surface area (TPSA) is 50.2 Å². The molecule has 0 aliphatic carbocycles. The Bertz CT molecular complexity index is 1060. The zero-order valence-corrected chi connectivity index (χ0v) is 18.3. The van der Waals surface area contributed by atoms with E-state index in [9.17, 15) is 4.79 Å². The number of rotatable bonds is 5. The molecule has 4 heterocycles. The third kappa shape index (κ3) is 4.02. The summed E-state index contributed by atoms with van der Waals surface area (Å²) in [6, 6.07) is 20.9. The summed E-state index contributed by atoms with van der Waals surface area (Å²) in [5, 5.41) is 7.97.